The summed E-state index contributed by atoms with van der Waals surface area (Å²) in [5, 5.41) is 0. The lowest BCUT2D eigenvalue weighted by Crippen LogP contribution is -2.10. The van der Waals surface area contributed by atoms with E-state index in [1.165, 1.54) is 0 Å². The minimum Gasteiger partial charge on any atom is -0.466 e. The van der Waals surface area contributed by atoms with E-state index in [4.69, 9.17) is 4.42 Å². The third-order valence-electron chi connectivity index (χ3n) is 2.54. The van der Waals surface area contributed by atoms with Crippen LogP contribution < -0.4 is 0 Å². The van der Waals surface area contributed by atoms with E-state index in [9.17, 15) is 13.2 Å². The summed E-state index contributed by atoms with van der Waals surface area (Å²) >= 11 is 0. The SMILES string of the molecule is Cc1oc(C)c(C(=O)CCS(C)(=O)=O)c1C. The van der Waals surface area contributed by atoms with Crippen molar-refractivity contribution in [3.63, 3.8) is 0 Å². The molecule has 0 saturated heterocycles. The Bertz CT molecular complexity index is 508. The van der Waals surface area contributed by atoms with Crippen LogP contribution in [0.5, 0.6) is 0 Å². The highest BCUT2D eigenvalue weighted by Gasteiger charge is 2.19. The van der Waals surface area contributed by atoms with Crippen LogP contribution in [-0.2, 0) is 9.84 Å². The summed E-state index contributed by atoms with van der Waals surface area (Å²) in [5.74, 6) is 0.987. The molecule has 0 aliphatic rings. The van der Waals surface area contributed by atoms with Gasteiger partial charge in [-0.2, -0.15) is 0 Å². The van der Waals surface area contributed by atoms with Crippen LogP contribution in [-0.4, -0.2) is 26.2 Å². The molecule has 0 amide bonds. The van der Waals surface area contributed by atoms with E-state index < -0.39 is 9.84 Å². The smallest absolute Gasteiger partial charge is 0.167 e. The van der Waals surface area contributed by atoms with Crippen LogP contribution in [0.4, 0.5) is 0 Å². The van der Waals surface area contributed by atoms with Crippen LogP contribution >= 0.6 is 0 Å². The largest absolute Gasteiger partial charge is 0.466 e. The number of carbonyl (C=O) groups excluding carboxylic acids is 1. The van der Waals surface area contributed by atoms with Crippen molar-refractivity contribution in [3.05, 3.63) is 22.6 Å². The predicted molar refractivity (Wildman–Crippen MR) is 61.6 cm³/mol. The molecule has 4 nitrogen and oxygen atoms in total. The Morgan fingerprint density at radius 2 is 1.75 bits per heavy atom. The van der Waals surface area contributed by atoms with Crippen molar-refractivity contribution < 1.29 is 17.6 Å². The zero-order valence-corrected chi connectivity index (χ0v) is 10.8. The van der Waals surface area contributed by atoms with Crippen LogP contribution in [0.15, 0.2) is 4.42 Å². The summed E-state index contributed by atoms with van der Waals surface area (Å²) in [5.41, 5.74) is 1.33. The normalized spacial score (nSPS) is 11.8. The minimum absolute atomic E-state index is 0.0134. The van der Waals surface area contributed by atoms with Crippen LogP contribution in [0.25, 0.3) is 0 Å². The highest BCUT2D eigenvalue weighted by molar-refractivity contribution is 7.90. The summed E-state index contributed by atoms with van der Waals surface area (Å²) in [6.45, 7) is 5.31. The molecule has 1 rings (SSSR count). The predicted octanol–water partition coefficient (Wildman–Crippen LogP) is 1.82. The number of Topliss-reactive ketones (excluding diaryl/α,β-unsaturated/α-hetero) is 1. The Hall–Kier alpha value is -1.10. The molecule has 90 valence electrons. The van der Waals surface area contributed by atoms with E-state index in [2.05, 4.69) is 0 Å². The van der Waals surface area contributed by atoms with Gasteiger partial charge < -0.3 is 4.42 Å². The lowest BCUT2D eigenvalue weighted by Gasteiger charge is -2.00. The maximum atomic E-state index is 11.8. The second-order valence-corrected chi connectivity index (χ2v) is 6.28. The maximum absolute atomic E-state index is 11.8. The number of ketones is 1. The summed E-state index contributed by atoms with van der Waals surface area (Å²) in [7, 11) is -3.10. The highest BCUT2D eigenvalue weighted by Crippen LogP contribution is 2.22. The van der Waals surface area contributed by atoms with E-state index in [1.807, 2.05) is 0 Å². The molecular weight excluding hydrogens is 228 g/mol. The molecule has 0 saturated carbocycles. The van der Waals surface area contributed by atoms with E-state index in [0.717, 1.165) is 11.8 Å². The molecule has 0 fully saturated rings. The molecule has 1 heterocycles. The Kier molecular flexibility index (Phi) is 3.57. The van der Waals surface area contributed by atoms with Crippen molar-refractivity contribution in [2.75, 3.05) is 12.0 Å². The Labute approximate surface area is 95.6 Å². The number of rotatable bonds is 4. The molecule has 1 aromatic rings. The molecule has 0 aliphatic carbocycles. The fraction of sp³-hybridized carbons (Fsp3) is 0.545. The summed E-state index contributed by atoms with van der Waals surface area (Å²) in [4.78, 5) is 11.8. The van der Waals surface area contributed by atoms with Gasteiger partial charge in [-0.05, 0) is 20.8 Å². The molecule has 1 aromatic heterocycles. The zero-order chi connectivity index (χ0) is 12.5. The first kappa shape index (κ1) is 13.0. The van der Waals surface area contributed by atoms with Crippen molar-refractivity contribution >= 4 is 15.6 Å². The van der Waals surface area contributed by atoms with Crippen molar-refractivity contribution in [2.24, 2.45) is 0 Å². The third kappa shape index (κ3) is 2.95. The van der Waals surface area contributed by atoms with Crippen LogP contribution in [0.1, 0.15) is 33.9 Å². The Morgan fingerprint density at radius 3 is 2.12 bits per heavy atom. The van der Waals surface area contributed by atoms with E-state index in [0.29, 0.717) is 17.1 Å². The molecule has 0 radical (unpaired) electrons. The molecule has 16 heavy (non-hydrogen) atoms. The van der Waals surface area contributed by atoms with Gasteiger partial charge in [0.05, 0.1) is 11.3 Å². The van der Waals surface area contributed by atoms with Gasteiger partial charge >= 0.3 is 0 Å². The van der Waals surface area contributed by atoms with Crippen molar-refractivity contribution in [1.29, 1.82) is 0 Å². The lowest BCUT2D eigenvalue weighted by atomic mass is 10.0. The van der Waals surface area contributed by atoms with Gasteiger partial charge in [0.25, 0.3) is 0 Å². The van der Waals surface area contributed by atoms with Gasteiger partial charge in [-0.3, -0.25) is 4.79 Å². The average Bonchev–Trinajstić information content (AvgIpc) is 2.36. The van der Waals surface area contributed by atoms with E-state index in [1.54, 1.807) is 20.8 Å². The number of sulfone groups is 1. The molecular formula is C11H16O4S. The number of furan rings is 1. The van der Waals surface area contributed by atoms with Gasteiger partial charge in [-0.1, -0.05) is 0 Å². The summed E-state index contributed by atoms with van der Waals surface area (Å²) < 4.78 is 27.3. The quantitative estimate of drug-likeness (QED) is 0.758. The topological polar surface area (TPSA) is 64.3 Å². The number of hydrogen-bond donors (Lipinski definition) is 0. The van der Waals surface area contributed by atoms with Gasteiger partial charge in [-0.25, -0.2) is 8.42 Å². The summed E-state index contributed by atoms with van der Waals surface area (Å²) in [6.07, 6.45) is 1.14. The average molecular weight is 244 g/mol. The maximum Gasteiger partial charge on any atom is 0.167 e. The molecule has 0 spiro atoms. The van der Waals surface area contributed by atoms with Crippen LogP contribution in [0, 0.1) is 20.8 Å². The monoisotopic (exact) mass is 244 g/mol. The molecule has 5 heteroatoms. The second kappa shape index (κ2) is 4.41. The molecule has 0 aromatic carbocycles. The third-order valence-corrected chi connectivity index (χ3v) is 3.49. The van der Waals surface area contributed by atoms with Crippen LogP contribution in [0.2, 0.25) is 0 Å². The van der Waals surface area contributed by atoms with Crippen molar-refractivity contribution in [3.8, 4) is 0 Å². The molecule has 0 unspecified atom stereocenters. The number of hydrogen-bond acceptors (Lipinski definition) is 4. The Morgan fingerprint density at radius 1 is 1.19 bits per heavy atom. The second-order valence-electron chi connectivity index (χ2n) is 4.02. The Balaban J connectivity index is 2.89. The van der Waals surface area contributed by atoms with Gasteiger partial charge in [0.2, 0.25) is 0 Å². The first-order chi connectivity index (χ1) is 7.22. The van der Waals surface area contributed by atoms with Crippen LogP contribution in [0.3, 0.4) is 0 Å². The van der Waals surface area contributed by atoms with Gasteiger partial charge in [0, 0.05) is 18.2 Å². The van der Waals surface area contributed by atoms with Crippen molar-refractivity contribution in [2.45, 2.75) is 27.2 Å². The fourth-order valence-electron chi connectivity index (χ4n) is 1.61. The van der Waals surface area contributed by atoms with Gasteiger partial charge in [0.15, 0.2) is 5.78 Å². The summed E-state index contributed by atoms with van der Waals surface area (Å²) in [6, 6.07) is 0. The standard InChI is InChI=1S/C11H16O4S/c1-7-8(2)15-9(3)11(7)10(12)5-6-16(4,13)14/h5-6H2,1-4H3. The van der Waals surface area contributed by atoms with Gasteiger partial charge in [-0.15, -0.1) is 0 Å². The molecule has 0 aliphatic heterocycles. The first-order valence-corrected chi connectivity index (χ1v) is 7.06. The molecule has 0 N–H and O–H groups in total. The lowest BCUT2D eigenvalue weighted by molar-refractivity contribution is 0.0987. The fourth-order valence-corrected chi connectivity index (χ4v) is 2.16. The number of aryl methyl sites for hydroxylation is 2. The van der Waals surface area contributed by atoms with E-state index >= 15 is 0 Å². The number of carbonyl (C=O) groups is 1. The molecule has 0 bridgehead atoms. The van der Waals surface area contributed by atoms with Crippen molar-refractivity contribution in [1.82, 2.24) is 0 Å². The van der Waals surface area contributed by atoms with Gasteiger partial charge in [0.1, 0.15) is 21.4 Å². The first-order valence-electron chi connectivity index (χ1n) is 5.00. The molecule has 0 atom stereocenters. The highest BCUT2D eigenvalue weighted by atomic mass is 32.2. The zero-order valence-electron chi connectivity index (χ0n) is 9.96. The minimum atomic E-state index is -3.10. The van der Waals surface area contributed by atoms with E-state index in [-0.39, 0.29) is 18.0 Å².